The lowest BCUT2D eigenvalue weighted by atomic mass is 9.99. The molecular formula is C17H26ClN3. The molecule has 2 heterocycles. The lowest BCUT2D eigenvalue weighted by Gasteiger charge is -2.45. The van der Waals surface area contributed by atoms with Gasteiger partial charge in [0.1, 0.15) is 0 Å². The van der Waals surface area contributed by atoms with Gasteiger partial charge in [-0.2, -0.15) is 0 Å². The van der Waals surface area contributed by atoms with Gasteiger partial charge < -0.3 is 10.2 Å². The molecule has 116 valence electrons. The van der Waals surface area contributed by atoms with Crippen molar-refractivity contribution in [2.24, 2.45) is 0 Å². The Balaban J connectivity index is 1.68. The molecular weight excluding hydrogens is 282 g/mol. The average Bonchev–Trinajstić information content (AvgIpc) is 2.52. The molecule has 4 heteroatoms. The second-order valence-corrected chi connectivity index (χ2v) is 6.60. The number of fused-ring (bicyclic) bond motifs is 1. The molecule has 21 heavy (non-hydrogen) atoms. The Hall–Kier alpha value is -0.770. The second-order valence-electron chi connectivity index (χ2n) is 6.20. The van der Waals surface area contributed by atoms with Crippen LogP contribution in [0.3, 0.4) is 0 Å². The third-order valence-corrected chi connectivity index (χ3v) is 5.07. The van der Waals surface area contributed by atoms with Crippen molar-refractivity contribution in [3.8, 4) is 0 Å². The molecule has 0 radical (unpaired) electrons. The maximum absolute atomic E-state index is 6.53. The van der Waals surface area contributed by atoms with E-state index in [-0.39, 0.29) is 0 Å². The molecule has 0 aromatic heterocycles. The molecule has 1 atom stereocenters. The van der Waals surface area contributed by atoms with Crippen LogP contribution in [0.2, 0.25) is 5.02 Å². The average molecular weight is 308 g/mol. The molecule has 1 N–H and O–H groups in total. The number of nitrogens with one attached hydrogen (secondary N) is 1. The maximum Gasteiger partial charge on any atom is 0.0642 e. The number of halogens is 1. The number of piperazine rings is 1. The van der Waals surface area contributed by atoms with E-state index in [0.29, 0.717) is 0 Å². The van der Waals surface area contributed by atoms with E-state index in [1.165, 1.54) is 43.6 Å². The zero-order valence-electron chi connectivity index (χ0n) is 12.9. The minimum absolute atomic E-state index is 0.727. The minimum Gasteiger partial charge on any atom is -0.367 e. The van der Waals surface area contributed by atoms with Gasteiger partial charge in [0.2, 0.25) is 0 Å². The van der Waals surface area contributed by atoms with E-state index in [0.717, 1.165) is 37.2 Å². The first-order valence-electron chi connectivity index (χ1n) is 8.26. The van der Waals surface area contributed by atoms with Crippen molar-refractivity contribution in [2.75, 3.05) is 37.6 Å². The molecule has 2 aliphatic rings. The Kier molecular flexibility index (Phi) is 5.04. The lowest BCUT2D eigenvalue weighted by molar-refractivity contribution is 0.133. The van der Waals surface area contributed by atoms with Gasteiger partial charge in [-0.15, -0.1) is 0 Å². The maximum atomic E-state index is 6.53. The molecule has 0 amide bonds. The van der Waals surface area contributed by atoms with E-state index in [2.05, 4.69) is 40.2 Å². The van der Waals surface area contributed by atoms with Gasteiger partial charge in [0.15, 0.2) is 0 Å². The van der Waals surface area contributed by atoms with Crippen molar-refractivity contribution < 1.29 is 0 Å². The summed E-state index contributed by atoms with van der Waals surface area (Å²) in [5.74, 6) is 0. The van der Waals surface area contributed by atoms with Crippen LogP contribution in [0.1, 0.15) is 31.7 Å². The van der Waals surface area contributed by atoms with E-state index < -0.39 is 0 Å². The second kappa shape index (κ2) is 6.99. The van der Waals surface area contributed by atoms with Crippen molar-refractivity contribution in [1.29, 1.82) is 0 Å². The number of piperidine rings is 1. The number of hydrogen-bond donors (Lipinski definition) is 1. The fourth-order valence-corrected chi connectivity index (χ4v) is 3.88. The number of hydrogen-bond acceptors (Lipinski definition) is 3. The summed E-state index contributed by atoms with van der Waals surface area (Å²) in [6.45, 7) is 8.71. The fourth-order valence-electron chi connectivity index (χ4n) is 3.56. The lowest BCUT2D eigenvalue weighted by Crippen LogP contribution is -2.55. The minimum atomic E-state index is 0.727. The Morgan fingerprint density at radius 2 is 2.14 bits per heavy atom. The quantitative estimate of drug-likeness (QED) is 0.922. The predicted molar refractivity (Wildman–Crippen MR) is 90.3 cm³/mol. The predicted octanol–water partition coefficient (Wildman–Crippen LogP) is 3.12. The van der Waals surface area contributed by atoms with Gasteiger partial charge in [-0.3, -0.25) is 4.90 Å². The van der Waals surface area contributed by atoms with Gasteiger partial charge >= 0.3 is 0 Å². The van der Waals surface area contributed by atoms with Crippen LogP contribution >= 0.6 is 11.6 Å². The topological polar surface area (TPSA) is 18.5 Å². The highest BCUT2D eigenvalue weighted by Crippen LogP contribution is 2.30. The third-order valence-electron chi connectivity index (χ3n) is 4.77. The van der Waals surface area contributed by atoms with Gasteiger partial charge in [0, 0.05) is 32.2 Å². The zero-order chi connectivity index (χ0) is 14.7. The van der Waals surface area contributed by atoms with E-state index in [9.17, 15) is 0 Å². The smallest absolute Gasteiger partial charge is 0.0642 e. The molecule has 2 aliphatic heterocycles. The summed E-state index contributed by atoms with van der Waals surface area (Å²) < 4.78 is 0. The monoisotopic (exact) mass is 307 g/mol. The van der Waals surface area contributed by atoms with Crippen LogP contribution in [0, 0.1) is 0 Å². The molecule has 2 fully saturated rings. The van der Waals surface area contributed by atoms with Crippen LogP contribution in [0.25, 0.3) is 0 Å². The standard InChI is InChI=1S/C17H26ClN3/c1-2-19-12-14-6-7-17(16(18)11-14)21-10-9-20-8-4-3-5-15(20)13-21/h6-7,11,15,19H,2-5,8-10,12-13H2,1H3. The molecule has 1 aromatic rings. The van der Waals surface area contributed by atoms with E-state index in [1.54, 1.807) is 0 Å². The highest BCUT2D eigenvalue weighted by molar-refractivity contribution is 6.33. The van der Waals surface area contributed by atoms with Crippen LogP contribution in [-0.4, -0.2) is 43.7 Å². The number of nitrogens with zero attached hydrogens (tertiary/aromatic N) is 2. The van der Waals surface area contributed by atoms with E-state index >= 15 is 0 Å². The number of rotatable bonds is 4. The Morgan fingerprint density at radius 3 is 2.95 bits per heavy atom. The largest absolute Gasteiger partial charge is 0.367 e. The van der Waals surface area contributed by atoms with Crippen LogP contribution in [0.5, 0.6) is 0 Å². The summed E-state index contributed by atoms with van der Waals surface area (Å²) >= 11 is 6.53. The van der Waals surface area contributed by atoms with Gasteiger partial charge in [-0.1, -0.05) is 31.0 Å². The van der Waals surface area contributed by atoms with Gasteiger partial charge in [0.25, 0.3) is 0 Å². The van der Waals surface area contributed by atoms with Gasteiger partial charge in [-0.05, 0) is 43.6 Å². The first-order chi connectivity index (χ1) is 10.3. The Labute approximate surface area is 133 Å². The fraction of sp³-hybridized carbons (Fsp3) is 0.647. The molecule has 0 bridgehead atoms. The highest BCUT2D eigenvalue weighted by Gasteiger charge is 2.29. The van der Waals surface area contributed by atoms with Crippen molar-refractivity contribution in [3.05, 3.63) is 28.8 Å². The van der Waals surface area contributed by atoms with Crippen LogP contribution in [-0.2, 0) is 6.54 Å². The van der Waals surface area contributed by atoms with E-state index in [4.69, 9.17) is 11.6 Å². The van der Waals surface area contributed by atoms with Crippen molar-refractivity contribution in [2.45, 2.75) is 38.8 Å². The number of benzene rings is 1. The Bertz CT molecular complexity index is 477. The normalized spacial score (nSPS) is 23.1. The molecule has 1 unspecified atom stereocenters. The third kappa shape index (κ3) is 3.53. The van der Waals surface area contributed by atoms with Crippen molar-refractivity contribution >= 4 is 17.3 Å². The molecule has 1 aromatic carbocycles. The first-order valence-corrected chi connectivity index (χ1v) is 8.64. The van der Waals surface area contributed by atoms with Gasteiger partial charge in [-0.25, -0.2) is 0 Å². The Morgan fingerprint density at radius 1 is 1.24 bits per heavy atom. The SMILES string of the molecule is CCNCc1ccc(N2CCN3CCCCC3C2)c(Cl)c1. The summed E-state index contributed by atoms with van der Waals surface area (Å²) in [5, 5.41) is 4.25. The summed E-state index contributed by atoms with van der Waals surface area (Å²) in [5.41, 5.74) is 2.48. The highest BCUT2D eigenvalue weighted by atomic mass is 35.5. The molecule has 0 spiro atoms. The molecule has 3 rings (SSSR count). The van der Waals surface area contributed by atoms with Crippen LogP contribution < -0.4 is 10.2 Å². The number of anilines is 1. The van der Waals surface area contributed by atoms with Crippen molar-refractivity contribution in [3.63, 3.8) is 0 Å². The zero-order valence-corrected chi connectivity index (χ0v) is 13.7. The first kappa shape index (κ1) is 15.1. The summed E-state index contributed by atoms with van der Waals surface area (Å²) in [6.07, 6.45) is 4.09. The molecule has 2 saturated heterocycles. The van der Waals surface area contributed by atoms with Crippen molar-refractivity contribution in [1.82, 2.24) is 10.2 Å². The summed E-state index contributed by atoms with van der Waals surface area (Å²) in [7, 11) is 0. The molecule has 0 aliphatic carbocycles. The summed E-state index contributed by atoms with van der Waals surface area (Å²) in [4.78, 5) is 5.14. The summed E-state index contributed by atoms with van der Waals surface area (Å²) in [6, 6.07) is 7.25. The molecule has 3 nitrogen and oxygen atoms in total. The van der Waals surface area contributed by atoms with Gasteiger partial charge in [0.05, 0.1) is 10.7 Å². The molecule has 0 saturated carbocycles. The van der Waals surface area contributed by atoms with Crippen LogP contribution in [0.15, 0.2) is 18.2 Å². The van der Waals surface area contributed by atoms with Crippen LogP contribution in [0.4, 0.5) is 5.69 Å². The van der Waals surface area contributed by atoms with E-state index in [1.807, 2.05) is 0 Å².